The third kappa shape index (κ3) is 4.35. The van der Waals surface area contributed by atoms with Crippen molar-refractivity contribution >= 4 is 51.4 Å². The molecule has 0 saturated carbocycles. The normalized spacial score (nSPS) is 10.6. The van der Waals surface area contributed by atoms with Gasteiger partial charge < -0.3 is 10.1 Å². The minimum atomic E-state index is -0.587. The molecule has 0 atom stereocenters. The Kier molecular flexibility index (Phi) is 6.34. The summed E-state index contributed by atoms with van der Waals surface area (Å²) in [6.07, 6.45) is 0. The van der Waals surface area contributed by atoms with E-state index in [1.165, 1.54) is 24.3 Å². The molecular formula is C20H14Cl2FNO3S. The fourth-order valence-corrected chi connectivity index (χ4v) is 3.87. The summed E-state index contributed by atoms with van der Waals surface area (Å²) >= 11 is 13.2. The molecule has 28 heavy (non-hydrogen) atoms. The van der Waals surface area contributed by atoms with E-state index in [1.54, 1.807) is 30.5 Å². The predicted molar refractivity (Wildman–Crippen MR) is 110 cm³/mol. The maximum absolute atomic E-state index is 13.2. The second-order valence-electron chi connectivity index (χ2n) is 5.66. The second kappa shape index (κ2) is 8.73. The van der Waals surface area contributed by atoms with Crippen molar-refractivity contribution in [3.8, 4) is 11.1 Å². The van der Waals surface area contributed by atoms with Crippen LogP contribution in [0, 0.1) is 5.82 Å². The van der Waals surface area contributed by atoms with Gasteiger partial charge in [0.25, 0.3) is 5.91 Å². The van der Waals surface area contributed by atoms with Gasteiger partial charge in [0.2, 0.25) is 0 Å². The molecule has 0 aliphatic heterocycles. The van der Waals surface area contributed by atoms with E-state index in [0.29, 0.717) is 21.2 Å². The van der Waals surface area contributed by atoms with E-state index in [1.807, 2.05) is 0 Å². The number of thiophene rings is 1. The molecule has 0 aliphatic rings. The Morgan fingerprint density at radius 1 is 1.14 bits per heavy atom. The van der Waals surface area contributed by atoms with Gasteiger partial charge in [-0.15, -0.1) is 11.3 Å². The summed E-state index contributed by atoms with van der Waals surface area (Å²) in [5, 5.41) is 5.30. The Hall–Kier alpha value is -2.41. The zero-order valence-electron chi connectivity index (χ0n) is 14.6. The van der Waals surface area contributed by atoms with Crippen LogP contribution in [0.2, 0.25) is 10.0 Å². The summed E-state index contributed by atoms with van der Waals surface area (Å²) in [6.45, 7) is 1.86. The van der Waals surface area contributed by atoms with Crippen LogP contribution in [0.5, 0.6) is 0 Å². The molecule has 0 radical (unpaired) electrons. The van der Waals surface area contributed by atoms with Crippen LogP contribution in [-0.2, 0) is 4.74 Å². The van der Waals surface area contributed by atoms with E-state index in [9.17, 15) is 14.0 Å². The first-order chi connectivity index (χ1) is 13.4. The number of benzene rings is 2. The highest BCUT2D eigenvalue weighted by atomic mass is 35.5. The van der Waals surface area contributed by atoms with Crippen molar-refractivity contribution in [2.75, 3.05) is 11.9 Å². The number of anilines is 1. The Bertz CT molecular complexity index is 1030. The van der Waals surface area contributed by atoms with E-state index < -0.39 is 11.9 Å². The molecule has 1 N–H and O–H groups in total. The van der Waals surface area contributed by atoms with Crippen molar-refractivity contribution < 1.29 is 18.7 Å². The molecule has 2 aromatic carbocycles. The topological polar surface area (TPSA) is 55.4 Å². The molecule has 1 heterocycles. The summed E-state index contributed by atoms with van der Waals surface area (Å²) in [4.78, 5) is 25.2. The number of hydrogen-bond donors (Lipinski definition) is 1. The van der Waals surface area contributed by atoms with Crippen molar-refractivity contribution in [3.63, 3.8) is 0 Å². The van der Waals surface area contributed by atoms with Gasteiger partial charge in [-0.05, 0) is 42.8 Å². The summed E-state index contributed by atoms with van der Waals surface area (Å²) in [5.74, 6) is -1.48. The summed E-state index contributed by atoms with van der Waals surface area (Å²) in [7, 11) is 0. The quantitative estimate of drug-likeness (QED) is 0.477. The minimum absolute atomic E-state index is 0.172. The highest BCUT2D eigenvalue weighted by molar-refractivity contribution is 7.15. The average molecular weight is 438 g/mol. The van der Waals surface area contributed by atoms with Crippen LogP contribution in [0.25, 0.3) is 11.1 Å². The van der Waals surface area contributed by atoms with Crippen molar-refractivity contribution in [1.29, 1.82) is 0 Å². The third-order valence-electron chi connectivity index (χ3n) is 3.83. The van der Waals surface area contributed by atoms with Crippen LogP contribution in [0.15, 0.2) is 47.8 Å². The third-order valence-corrected chi connectivity index (χ3v) is 5.29. The monoisotopic (exact) mass is 437 g/mol. The van der Waals surface area contributed by atoms with Crippen LogP contribution >= 0.6 is 34.5 Å². The maximum atomic E-state index is 13.2. The minimum Gasteiger partial charge on any atom is -0.462 e. The molecular weight excluding hydrogens is 424 g/mol. The van der Waals surface area contributed by atoms with Crippen molar-refractivity contribution in [2.24, 2.45) is 0 Å². The molecule has 0 unspecified atom stereocenters. The molecule has 3 aromatic rings. The van der Waals surface area contributed by atoms with Gasteiger partial charge in [-0.25, -0.2) is 9.18 Å². The molecule has 0 spiro atoms. The van der Waals surface area contributed by atoms with E-state index in [-0.39, 0.29) is 28.6 Å². The number of carbonyl (C=O) groups excluding carboxylic acids is 2. The van der Waals surface area contributed by atoms with E-state index >= 15 is 0 Å². The molecule has 1 amide bonds. The Morgan fingerprint density at radius 3 is 2.54 bits per heavy atom. The molecule has 4 nitrogen and oxygen atoms in total. The maximum Gasteiger partial charge on any atom is 0.341 e. The molecule has 8 heteroatoms. The van der Waals surface area contributed by atoms with Crippen LogP contribution in [0.1, 0.15) is 27.6 Å². The largest absolute Gasteiger partial charge is 0.462 e. The molecule has 0 fully saturated rings. The van der Waals surface area contributed by atoms with E-state index in [4.69, 9.17) is 27.9 Å². The number of ether oxygens (including phenoxy) is 1. The van der Waals surface area contributed by atoms with Crippen LogP contribution in [0.3, 0.4) is 0 Å². The van der Waals surface area contributed by atoms with Crippen LogP contribution < -0.4 is 5.32 Å². The van der Waals surface area contributed by atoms with E-state index in [0.717, 1.165) is 11.3 Å². The highest BCUT2D eigenvalue weighted by Gasteiger charge is 2.24. The number of amides is 1. The lowest BCUT2D eigenvalue weighted by molar-refractivity contribution is 0.0529. The zero-order chi connectivity index (χ0) is 20.3. The van der Waals surface area contributed by atoms with Crippen LogP contribution in [-0.4, -0.2) is 18.5 Å². The first-order valence-electron chi connectivity index (χ1n) is 8.21. The zero-order valence-corrected chi connectivity index (χ0v) is 16.9. The fourth-order valence-electron chi connectivity index (χ4n) is 2.54. The van der Waals surface area contributed by atoms with Gasteiger partial charge in [0.05, 0.1) is 17.2 Å². The predicted octanol–water partition coefficient (Wildman–Crippen LogP) is 6.29. The van der Waals surface area contributed by atoms with Gasteiger partial charge in [-0.1, -0.05) is 35.3 Å². The summed E-state index contributed by atoms with van der Waals surface area (Å²) in [6, 6.07) is 10.2. The van der Waals surface area contributed by atoms with Crippen molar-refractivity contribution in [2.45, 2.75) is 6.92 Å². The number of carbonyl (C=O) groups is 2. The van der Waals surface area contributed by atoms with E-state index in [2.05, 4.69) is 5.32 Å². The number of hydrogen-bond acceptors (Lipinski definition) is 4. The van der Waals surface area contributed by atoms with Gasteiger partial charge in [0.15, 0.2) is 0 Å². The van der Waals surface area contributed by atoms with Crippen molar-refractivity contribution in [1.82, 2.24) is 0 Å². The average Bonchev–Trinajstić information content (AvgIpc) is 3.08. The molecule has 3 rings (SSSR count). The Morgan fingerprint density at radius 2 is 1.86 bits per heavy atom. The lowest BCUT2D eigenvalue weighted by Gasteiger charge is -2.10. The number of rotatable bonds is 5. The number of esters is 1. The fraction of sp³-hybridized carbons (Fsp3) is 0.100. The summed E-state index contributed by atoms with van der Waals surface area (Å²) < 4.78 is 18.4. The lowest BCUT2D eigenvalue weighted by Crippen LogP contribution is -2.15. The molecule has 144 valence electrons. The lowest BCUT2D eigenvalue weighted by atomic mass is 10.0. The second-order valence-corrected chi connectivity index (χ2v) is 7.38. The molecule has 0 saturated heterocycles. The SMILES string of the molecule is CCOC(=O)c1c(-c2ccc(F)cc2)csc1NC(=O)c1cc(Cl)ccc1Cl. The molecule has 0 bridgehead atoms. The van der Waals surface area contributed by atoms with Crippen LogP contribution in [0.4, 0.5) is 9.39 Å². The van der Waals surface area contributed by atoms with Gasteiger partial charge in [0, 0.05) is 16.0 Å². The van der Waals surface area contributed by atoms with Gasteiger partial charge >= 0.3 is 5.97 Å². The molecule has 1 aromatic heterocycles. The first-order valence-corrected chi connectivity index (χ1v) is 9.85. The van der Waals surface area contributed by atoms with Gasteiger partial charge in [0.1, 0.15) is 16.4 Å². The number of nitrogens with one attached hydrogen (secondary N) is 1. The standard InChI is InChI=1S/C20H14Cl2FNO3S/c1-2-27-20(26)17-15(11-3-6-13(23)7-4-11)10-28-19(17)24-18(25)14-9-12(21)5-8-16(14)22/h3-10H,2H2,1H3,(H,24,25). The highest BCUT2D eigenvalue weighted by Crippen LogP contribution is 2.37. The summed E-state index contributed by atoms with van der Waals surface area (Å²) in [5.41, 5.74) is 1.54. The number of halogens is 3. The van der Waals surface area contributed by atoms with Gasteiger partial charge in [-0.2, -0.15) is 0 Å². The van der Waals surface area contributed by atoms with Gasteiger partial charge in [-0.3, -0.25) is 4.79 Å². The smallest absolute Gasteiger partial charge is 0.341 e. The first kappa shape index (κ1) is 20.3. The Labute approximate surface area is 174 Å². The Balaban J connectivity index is 2.01. The molecule has 0 aliphatic carbocycles. The van der Waals surface area contributed by atoms with Crippen molar-refractivity contribution in [3.05, 3.63) is 74.8 Å².